The van der Waals surface area contributed by atoms with Gasteiger partial charge >= 0.3 is 0 Å². The topological polar surface area (TPSA) is 66.4 Å². The van der Waals surface area contributed by atoms with Gasteiger partial charge in [-0.1, -0.05) is 18.2 Å². The van der Waals surface area contributed by atoms with E-state index in [1.54, 1.807) is 0 Å². The fourth-order valence-electron chi connectivity index (χ4n) is 2.32. The van der Waals surface area contributed by atoms with Gasteiger partial charge in [-0.3, -0.25) is 0 Å². The van der Waals surface area contributed by atoms with Gasteiger partial charge in [0.2, 0.25) is 0 Å². The number of para-hydroxylation sites is 1. The Morgan fingerprint density at radius 2 is 2.17 bits per heavy atom. The molecule has 5 heteroatoms. The first kappa shape index (κ1) is 13.4. The van der Waals surface area contributed by atoms with Crippen LogP contribution in [0.1, 0.15) is 24.5 Å². The van der Waals surface area contributed by atoms with Crippen LogP contribution in [0.3, 0.4) is 0 Å². The summed E-state index contributed by atoms with van der Waals surface area (Å²) in [7, 11) is -2.90. The minimum absolute atomic E-state index is 0.173. The molecule has 0 amide bonds. The van der Waals surface area contributed by atoms with Crippen LogP contribution in [0, 0.1) is 6.92 Å². The number of phenols is 1. The van der Waals surface area contributed by atoms with E-state index in [1.165, 1.54) is 0 Å². The van der Waals surface area contributed by atoms with E-state index in [4.69, 9.17) is 0 Å². The van der Waals surface area contributed by atoms with Crippen molar-refractivity contribution in [3.05, 3.63) is 29.3 Å². The molecule has 4 nitrogen and oxygen atoms in total. The summed E-state index contributed by atoms with van der Waals surface area (Å²) in [5, 5.41) is 13.2. The van der Waals surface area contributed by atoms with Gasteiger partial charge in [-0.25, -0.2) is 8.42 Å². The van der Waals surface area contributed by atoms with Gasteiger partial charge in [0.25, 0.3) is 0 Å². The molecule has 1 aromatic carbocycles. The smallest absolute Gasteiger partial charge is 0.152 e. The standard InChI is InChI=1S/C13H19NO3S/c1-10-4-3-5-11(12(10)15)8-14-13(2)6-7-18(16,17)9-13/h3-5,14-15H,6-9H2,1-2H3. The third kappa shape index (κ3) is 2.84. The molecule has 1 heterocycles. The van der Waals surface area contributed by atoms with Crippen molar-refractivity contribution in [3.63, 3.8) is 0 Å². The van der Waals surface area contributed by atoms with Gasteiger partial charge in [0.15, 0.2) is 9.84 Å². The molecule has 0 aromatic heterocycles. The fourth-order valence-corrected chi connectivity index (χ4v) is 4.44. The Morgan fingerprint density at radius 1 is 1.44 bits per heavy atom. The predicted octanol–water partition coefficient (Wildman–Crippen LogP) is 1.37. The number of hydrogen-bond acceptors (Lipinski definition) is 4. The van der Waals surface area contributed by atoms with Gasteiger partial charge in [-0.05, 0) is 25.8 Å². The van der Waals surface area contributed by atoms with E-state index in [2.05, 4.69) is 5.32 Å². The molecular formula is C13H19NO3S. The molecule has 0 spiro atoms. The number of nitrogens with one attached hydrogen (secondary N) is 1. The van der Waals surface area contributed by atoms with E-state index in [0.29, 0.717) is 13.0 Å². The number of benzene rings is 1. The zero-order valence-corrected chi connectivity index (χ0v) is 11.5. The monoisotopic (exact) mass is 269 g/mol. The van der Waals surface area contributed by atoms with Crippen LogP contribution >= 0.6 is 0 Å². The van der Waals surface area contributed by atoms with E-state index in [1.807, 2.05) is 32.0 Å². The third-order valence-corrected chi connectivity index (χ3v) is 5.43. The van der Waals surface area contributed by atoms with E-state index in [-0.39, 0.29) is 22.8 Å². The quantitative estimate of drug-likeness (QED) is 0.869. The van der Waals surface area contributed by atoms with Crippen molar-refractivity contribution in [2.45, 2.75) is 32.4 Å². The first-order valence-corrected chi connectivity index (χ1v) is 7.86. The molecule has 2 rings (SSSR count). The molecule has 1 aromatic rings. The lowest BCUT2D eigenvalue weighted by molar-refractivity contribution is 0.387. The van der Waals surface area contributed by atoms with Crippen LogP contribution < -0.4 is 5.32 Å². The van der Waals surface area contributed by atoms with Crippen molar-refractivity contribution < 1.29 is 13.5 Å². The molecule has 1 fully saturated rings. The molecule has 0 bridgehead atoms. The lowest BCUT2D eigenvalue weighted by Crippen LogP contribution is -2.42. The van der Waals surface area contributed by atoms with Crippen molar-refractivity contribution in [2.24, 2.45) is 0 Å². The van der Waals surface area contributed by atoms with E-state index < -0.39 is 9.84 Å². The summed E-state index contributed by atoms with van der Waals surface area (Å²) < 4.78 is 23.0. The summed E-state index contributed by atoms with van der Waals surface area (Å²) in [4.78, 5) is 0. The predicted molar refractivity (Wildman–Crippen MR) is 71.4 cm³/mol. The van der Waals surface area contributed by atoms with E-state index in [0.717, 1.165) is 11.1 Å². The highest BCUT2D eigenvalue weighted by atomic mass is 32.2. The summed E-state index contributed by atoms with van der Waals surface area (Å²) in [5.41, 5.74) is 1.26. The van der Waals surface area contributed by atoms with E-state index in [9.17, 15) is 13.5 Å². The highest BCUT2D eigenvalue weighted by molar-refractivity contribution is 7.91. The highest BCUT2D eigenvalue weighted by Gasteiger charge is 2.37. The lowest BCUT2D eigenvalue weighted by Gasteiger charge is -2.24. The van der Waals surface area contributed by atoms with Crippen LogP contribution in [-0.4, -0.2) is 30.6 Å². The molecule has 0 saturated carbocycles. The maximum atomic E-state index is 11.5. The number of sulfone groups is 1. The normalized spacial score (nSPS) is 26.3. The molecule has 1 aliphatic heterocycles. The van der Waals surface area contributed by atoms with Crippen LogP contribution in [0.4, 0.5) is 0 Å². The Labute approximate surface area is 108 Å². The van der Waals surface area contributed by atoms with Crippen LogP contribution in [0.2, 0.25) is 0 Å². The SMILES string of the molecule is Cc1cccc(CNC2(C)CCS(=O)(=O)C2)c1O. The first-order valence-electron chi connectivity index (χ1n) is 6.04. The summed E-state index contributed by atoms with van der Waals surface area (Å²) in [6.45, 7) is 4.25. The maximum absolute atomic E-state index is 11.5. The number of aromatic hydroxyl groups is 1. The second-order valence-corrected chi connectivity index (χ2v) is 7.52. The number of phenolic OH excluding ortho intramolecular Hbond substituents is 1. The van der Waals surface area contributed by atoms with Gasteiger partial charge in [-0.2, -0.15) is 0 Å². The minimum Gasteiger partial charge on any atom is -0.507 e. The zero-order chi connectivity index (χ0) is 13.4. The Balaban J connectivity index is 2.06. The van der Waals surface area contributed by atoms with Gasteiger partial charge in [0.1, 0.15) is 5.75 Å². The second-order valence-electron chi connectivity index (χ2n) is 5.34. The molecule has 0 aliphatic carbocycles. The lowest BCUT2D eigenvalue weighted by atomic mass is 10.0. The minimum atomic E-state index is -2.90. The van der Waals surface area contributed by atoms with Crippen LogP contribution in [0.5, 0.6) is 5.75 Å². The first-order chi connectivity index (χ1) is 8.31. The molecule has 100 valence electrons. The number of rotatable bonds is 3. The zero-order valence-electron chi connectivity index (χ0n) is 10.7. The molecule has 1 aliphatic rings. The fraction of sp³-hybridized carbons (Fsp3) is 0.538. The summed E-state index contributed by atoms with van der Waals surface area (Å²) >= 11 is 0. The van der Waals surface area contributed by atoms with Crippen molar-refractivity contribution >= 4 is 9.84 Å². The summed E-state index contributed by atoms with van der Waals surface area (Å²) in [5.74, 6) is 0.706. The van der Waals surface area contributed by atoms with Crippen molar-refractivity contribution in [2.75, 3.05) is 11.5 Å². The molecule has 1 unspecified atom stereocenters. The van der Waals surface area contributed by atoms with Crippen molar-refractivity contribution in [1.82, 2.24) is 5.32 Å². The Morgan fingerprint density at radius 3 is 2.78 bits per heavy atom. The molecular weight excluding hydrogens is 250 g/mol. The van der Waals surface area contributed by atoms with Crippen LogP contribution in [0.15, 0.2) is 18.2 Å². The van der Waals surface area contributed by atoms with Crippen molar-refractivity contribution in [1.29, 1.82) is 0 Å². The Bertz CT molecular complexity index is 553. The van der Waals surface area contributed by atoms with E-state index >= 15 is 0 Å². The molecule has 2 N–H and O–H groups in total. The summed E-state index contributed by atoms with van der Waals surface area (Å²) in [6, 6.07) is 5.59. The van der Waals surface area contributed by atoms with Crippen LogP contribution in [0.25, 0.3) is 0 Å². The molecule has 0 radical (unpaired) electrons. The number of hydrogen-bond donors (Lipinski definition) is 2. The Kier molecular flexibility index (Phi) is 3.38. The Hall–Kier alpha value is -1.07. The van der Waals surface area contributed by atoms with Gasteiger partial charge in [-0.15, -0.1) is 0 Å². The second kappa shape index (κ2) is 4.55. The van der Waals surface area contributed by atoms with Gasteiger partial charge in [0, 0.05) is 17.6 Å². The largest absolute Gasteiger partial charge is 0.507 e. The molecule has 1 saturated heterocycles. The average molecular weight is 269 g/mol. The molecule has 1 atom stereocenters. The van der Waals surface area contributed by atoms with Gasteiger partial charge in [0.05, 0.1) is 11.5 Å². The average Bonchev–Trinajstić information content (AvgIpc) is 2.56. The maximum Gasteiger partial charge on any atom is 0.152 e. The third-order valence-electron chi connectivity index (χ3n) is 3.53. The van der Waals surface area contributed by atoms with Crippen LogP contribution in [-0.2, 0) is 16.4 Å². The van der Waals surface area contributed by atoms with Gasteiger partial charge < -0.3 is 10.4 Å². The highest BCUT2D eigenvalue weighted by Crippen LogP contribution is 2.26. The number of aryl methyl sites for hydroxylation is 1. The summed E-state index contributed by atoms with van der Waals surface area (Å²) in [6.07, 6.45) is 0.627. The molecule has 18 heavy (non-hydrogen) atoms. The van der Waals surface area contributed by atoms with Crippen molar-refractivity contribution in [3.8, 4) is 5.75 Å².